The van der Waals surface area contributed by atoms with Crippen molar-refractivity contribution in [2.75, 3.05) is 24.5 Å². The van der Waals surface area contributed by atoms with Crippen molar-refractivity contribution in [3.05, 3.63) is 46.0 Å². The van der Waals surface area contributed by atoms with Gasteiger partial charge in [0.15, 0.2) is 11.5 Å². The molecule has 0 bridgehead atoms. The third-order valence-corrected chi connectivity index (χ3v) is 5.37. The van der Waals surface area contributed by atoms with Gasteiger partial charge in [-0.2, -0.15) is 5.10 Å². The van der Waals surface area contributed by atoms with Crippen molar-refractivity contribution in [2.45, 2.75) is 26.2 Å². The fourth-order valence-corrected chi connectivity index (χ4v) is 3.92. The van der Waals surface area contributed by atoms with Crippen LogP contribution >= 0.6 is 11.3 Å². The Balaban J connectivity index is 1.53. The topological polar surface area (TPSA) is 62.5 Å². The van der Waals surface area contributed by atoms with Crippen LogP contribution in [-0.2, 0) is 6.42 Å². The summed E-state index contributed by atoms with van der Waals surface area (Å²) in [5.74, 6) is 0.799. The standard InChI is InChI=1S/C18H21N5OS/c1-13-12-23-16(17(20-13)22-8-2-3-9-22)11-15(21-23)18(24)19-7-6-14-5-4-10-25-14/h4-5,10-12H,2-3,6-9H2,1H3,(H,19,24). The van der Waals surface area contributed by atoms with E-state index in [-0.39, 0.29) is 5.91 Å². The van der Waals surface area contributed by atoms with Crippen LogP contribution in [-0.4, -0.2) is 40.1 Å². The van der Waals surface area contributed by atoms with E-state index in [1.54, 1.807) is 15.9 Å². The summed E-state index contributed by atoms with van der Waals surface area (Å²) in [4.78, 5) is 20.7. The molecule has 6 nitrogen and oxygen atoms in total. The summed E-state index contributed by atoms with van der Waals surface area (Å²) in [7, 11) is 0. The molecule has 1 fully saturated rings. The maximum Gasteiger partial charge on any atom is 0.271 e. The van der Waals surface area contributed by atoms with E-state index in [0.29, 0.717) is 12.2 Å². The number of aromatic nitrogens is 3. The Morgan fingerprint density at radius 2 is 2.20 bits per heavy atom. The second kappa shape index (κ2) is 6.84. The van der Waals surface area contributed by atoms with Gasteiger partial charge in [-0.25, -0.2) is 9.50 Å². The number of nitrogens with zero attached hydrogens (tertiary/aromatic N) is 4. The predicted molar refractivity (Wildman–Crippen MR) is 99.5 cm³/mol. The number of fused-ring (bicyclic) bond motifs is 1. The number of hydrogen-bond acceptors (Lipinski definition) is 5. The van der Waals surface area contributed by atoms with E-state index in [1.807, 2.05) is 25.3 Å². The van der Waals surface area contributed by atoms with Crippen LogP contribution < -0.4 is 10.2 Å². The van der Waals surface area contributed by atoms with Crippen molar-refractivity contribution in [2.24, 2.45) is 0 Å². The number of anilines is 1. The molecule has 0 radical (unpaired) electrons. The molecule has 0 spiro atoms. The normalized spacial score (nSPS) is 14.4. The highest BCUT2D eigenvalue weighted by Gasteiger charge is 2.20. The van der Waals surface area contributed by atoms with Crippen LogP contribution in [0.4, 0.5) is 5.82 Å². The Labute approximate surface area is 150 Å². The Kier molecular flexibility index (Phi) is 4.40. The molecule has 0 atom stereocenters. The minimum Gasteiger partial charge on any atom is -0.355 e. The average Bonchev–Trinajstić information content (AvgIpc) is 3.34. The van der Waals surface area contributed by atoms with Gasteiger partial charge in [0.1, 0.15) is 5.52 Å². The molecule has 4 rings (SSSR count). The number of nitrogens with one attached hydrogen (secondary N) is 1. The Hall–Kier alpha value is -2.41. The van der Waals surface area contributed by atoms with Gasteiger partial charge in [0.25, 0.3) is 5.91 Å². The first-order valence-corrected chi connectivity index (χ1v) is 9.51. The van der Waals surface area contributed by atoms with Crippen LogP contribution in [0.25, 0.3) is 5.52 Å². The zero-order valence-corrected chi connectivity index (χ0v) is 15.1. The van der Waals surface area contributed by atoms with E-state index in [2.05, 4.69) is 31.7 Å². The van der Waals surface area contributed by atoms with E-state index in [4.69, 9.17) is 0 Å². The van der Waals surface area contributed by atoms with Crippen LogP contribution in [0.2, 0.25) is 0 Å². The van der Waals surface area contributed by atoms with Crippen LogP contribution in [0, 0.1) is 6.92 Å². The predicted octanol–water partition coefficient (Wildman–Crippen LogP) is 2.67. The molecule has 130 valence electrons. The monoisotopic (exact) mass is 355 g/mol. The summed E-state index contributed by atoms with van der Waals surface area (Å²) in [6.07, 6.45) is 5.09. The molecule has 1 aliphatic rings. The lowest BCUT2D eigenvalue weighted by atomic mass is 10.3. The maximum atomic E-state index is 12.4. The van der Waals surface area contributed by atoms with E-state index in [9.17, 15) is 4.79 Å². The molecule has 0 aromatic carbocycles. The van der Waals surface area contributed by atoms with Crippen LogP contribution in [0.15, 0.2) is 29.8 Å². The molecule has 0 saturated carbocycles. The van der Waals surface area contributed by atoms with Gasteiger partial charge >= 0.3 is 0 Å². The summed E-state index contributed by atoms with van der Waals surface area (Å²) in [6.45, 7) is 4.60. The van der Waals surface area contributed by atoms with Crippen LogP contribution in [0.1, 0.15) is 33.9 Å². The fraction of sp³-hybridized carbons (Fsp3) is 0.389. The lowest BCUT2D eigenvalue weighted by Crippen LogP contribution is -2.25. The number of hydrogen-bond donors (Lipinski definition) is 1. The lowest BCUT2D eigenvalue weighted by molar-refractivity contribution is 0.0949. The smallest absolute Gasteiger partial charge is 0.271 e. The number of aryl methyl sites for hydroxylation is 1. The van der Waals surface area contributed by atoms with Crippen molar-refractivity contribution >= 4 is 28.6 Å². The zero-order chi connectivity index (χ0) is 17.2. The molecule has 1 N–H and O–H groups in total. The Morgan fingerprint density at radius 1 is 1.36 bits per heavy atom. The summed E-state index contributed by atoms with van der Waals surface area (Å²) < 4.78 is 1.78. The van der Waals surface area contributed by atoms with Crippen LogP contribution in [0.3, 0.4) is 0 Å². The van der Waals surface area contributed by atoms with Crippen LogP contribution in [0.5, 0.6) is 0 Å². The SMILES string of the molecule is Cc1cn2nc(C(=O)NCCc3cccs3)cc2c(N2CCCC2)n1. The van der Waals surface area contributed by atoms with E-state index >= 15 is 0 Å². The molecule has 1 saturated heterocycles. The second-order valence-corrected chi connectivity index (χ2v) is 7.38. The first-order valence-electron chi connectivity index (χ1n) is 8.63. The molecule has 0 unspecified atom stereocenters. The van der Waals surface area contributed by atoms with E-state index in [0.717, 1.165) is 36.5 Å². The quantitative estimate of drug-likeness (QED) is 0.764. The Bertz CT molecular complexity index is 880. The minimum atomic E-state index is -0.134. The number of rotatable bonds is 5. The number of amides is 1. The van der Waals surface area contributed by atoms with Gasteiger partial charge in [0.2, 0.25) is 0 Å². The molecule has 7 heteroatoms. The number of carbonyl (C=O) groups is 1. The number of thiophene rings is 1. The van der Waals surface area contributed by atoms with Gasteiger partial charge in [-0.3, -0.25) is 4.79 Å². The largest absolute Gasteiger partial charge is 0.355 e. The molecule has 1 aliphatic heterocycles. The maximum absolute atomic E-state index is 12.4. The summed E-state index contributed by atoms with van der Waals surface area (Å²) >= 11 is 1.71. The third kappa shape index (κ3) is 3.37. The molecule has 4 heterocycles. The number of carbonyl (C=O) groups excluding carboxylic acids is 1. The van der Waals surface area contributed by atoms with Gasteiger partial charge < -0.3 is 10.2 Å². The molecule has 3 aromatic rings. The van der Waals surface area contributed by atoms with Crippen molar-refractivity contribution < 1.29 is 4.79 Å². The van der Waals surface area contributed by atoms with Gasteiger partial charge in [-0.15, -0.1) is 11.3 Å². The van der Waals surface area contributed by atoms with Gasteiger partial charge in [0, 0.05) is 30.6 Å². The molecule has 0 aliphatic carbocycles. The minimum absolute atomic E-state index is 0.134. The van der Waals surface area contributed by atoms with E-state index < -0.39 is 0 Å². The second-order valence-electron chi connectivity index (χ2n) is 6.34. The molecule has 3 aromatic heterocycles. The van der Waals surface area contributed by atoms with Gasteiger partial charge in [-0.05, 0) is 37.6 Å². The molecule has 1 amide bonds. The summed E-state index contributed by atoms with van der Waals surface area (Å²) in [6, 6.07) is 5.96. The summed E-state index contributed by atoms with van der Waals surface area (Å²) in [5, 5.41) is 9.47. The van der Waals surface area contributed by atoms with Crippen molar-refractivity contribution in [1.29, 1.82) is 0 Å². The first kappa shape index (κ1) is 16.1. The van der Waals surface area contributed by atoms with Gasteiger partial charge in [-0.1, -0.05) is 6.07 Å². The molecule has 25 heavy (non-hydrogen) atoms. The third-order valence-electron chi connectivity index (χ3n) is 4.43. The highest BCUT2D eigenvalue weighted by molar-refractivity contribution is 7.09. The van der Waals surface area contributed by atoms with Crippen molar-refractivity contribution in [3.63, 3.8) is 0 Å². The van der Waals surface area contributed by atoms with E-state index in [1.165, 1.54) is 17.7 Å². The van der Waals surface area contributed by atoms with Crippen molar-refractivity contribution in [1.82, 2.24) is 19.9 Å². The fourth-order valence-electron chi connectivity index (χ4n) is 3.21. The highest BCUT2D eigenvalue weighted by atomic mass is 32.1. The Morgan fingerprint density at radius 3 is 2.96 bits per heavy atom. The molecular formula is C18H21N5OS. The van der Waals surface area contributed by atoms with Crippen molar-refractivity contribution in [3.8, 4) is 0 Å². The van der Waals surface area contributed by atoms with Gasteiger partial charge in [0.05, 0.1) is 11.9 Å². The highest BCUT2D eigenvalue weighted by Crippen LogP contribution is 2.24. The average molecular weight is 355 g/mol. The zero-order valence-electron chi connectivity index (χ0n) is 14.2. The summed E-state index contributed by atoms with van der Waals surface area (Å²) in [5.41, 5.74) is 2.25. The first-order chi connectivity index (χ1) is 12.2. The molecular weight excluding hydrogens is 334 g/mol. The lowest BCUT2D eigenvalue weighted by Gasteiger charge is -2.17.